The van der Waals surface area contributed by atoms with Crippen LogP contribution in [0.25, 0.3) is 0 Å². The Morgan fingerprint density at radius 2 is 0.778 bits per heavy atom. The van der Waals surface area contributed by atoms with Gasteiger partial charge in [0, 0.05) is 24.2 Å². The molecule has 0 aliphatic heterocycles. The van der Waals surface area contributed by atoms with Crippen LogP contribution in [0.3, 0.4) is 0 Å². The molecular formula is C48H86N2O4. The molecule has 0 unspecified atom stereocenters. The van der Waals surface area contributed by atoms with Gasteiger partial charge in [0.05, 0.1) is 11.7 Å². The smallest absolute Gasteiger partial charge is 0.338 e. The normalized spacial score (nSPS) is 11.8. The lowest BCUT2D eigenvalue weighted by molar-refractivity contribution is -0.117. The molecule has 0 aliphatic carbocycles. The molecule has 0 aliphatic rings. The number of unbranched alkanes of at least 4 members (excludes halogenated alkanes) is 27. The molecule has 1 rings (SSSR count). The molecule has 1 aromatic rings. The Balaban J connectivity index is 2.59. The number of hydrogen-bond acceptors (Lipinski definition) is 4. The lowest BCUT2D eigenvalue weighted by atomic mass is 10.0. The minimum absolute atomic E-state index is 0.0553. The average molecular weight is 755 g/mol. The molecule has 6 nitrogen and oxygen atoms in total. The first-order valence-corrected chi connectivity index (χ1v) is 23.3. The monoisotopic (exact) mass is 755 g/mol. The van der Waals surface area contributed by atoms with E-state index >= 15 is 0 Å². The molecule has 312 valence electrons. The van der Waals surface area contributed by atoms with Crippen LogP contribution in [-0.4, -0.2) is 23.9 Å². The van der Waals surface area contributed by atoms with Crippen molar-refractivity contribution in [2.45, 2.75) is 253 Å². The van der Waals surface area contributed by atoms with Gasteiger partial charge in [0.1, 0.15) is 0 Å². The molecule has 2 amide bonds. The van der Waals surface area contributed by atoms with E-state index < -0.39 is 5.97 Å². The van der Waals surface area contributed by atoms with Crippen molar-refractivity contribution >= 4 is 29.2 Å². The molecular weight excluding hydrogens is 669 g/mol. The van der Waals surface area contributed by atoms with E-state index in [1.165, 1.54) is 141 Å². The Bertz CT molecular complexity index is 1020. The molecule has 6 heteroatoms. The second-order valence-corrected chi connectivity index (χ2v) is 16.3. The van der Waals surface area contributed by atoms with Gasteiger partial charge in [-0.2, -0.15) is 0 Å². The highest BCUT2D eigenvalue weighted by molar-refractivity contribution is 6.00. The number of carbonyl (C=O) groups excluding carboxylic acids is 3. The topological polar surface area (TPSA) is 84.5 Å². The Morgan fingerprint density at radius 3 is 1.11 bits per heavy atom. The van der Waals surface area contributed by atoms with E-state index in [2.05, 4.69) is 31.4 Å². The van der Waals surface area contributed by atoms with Crippen LogP contribution < -0.4 is 10.6 Å². The first kappa shape index (κ1) is 49.6. The summed E-state index contributed by atoms with van der Waals surface area (Å²) in [7, 11) is 0. The number of esters is 1. The molecule has 54 heavy (non-hydrogen) atoms. The largest absolute Gasteiger partial charge is 0.459 e. The number of benzene rings is 1. The van der Waals surface area contributed by atoms with Crippen molar-refractivity contribution < 1.29 is 19.1 Å². The van der Waals surface area contributed by atoms with Crippen LogP contribution in [0.4, 0.5) is 11.4 Å². The Kier molecular flexibility index (Phi) is 32.2. The SMILES string of the molecule is CCCCCCCCCCCCCCCC(=O)Nc1cc(C(=O)O[C@H](C)CCCCCC)cc(NC(=O)CCCCCCCCCCCCCCC)c1C. The molecule has 0 spiro atoms. The third-order valence-corrected chi connectivity index (χ3v) is 11.0. The summed E-state index contributed by atoms with van der Waals surface area (Å²) in [4.78, 5) is 39.4. The van der Waals surface area contributed by atoms with E-state index in [9.17, 15) is 14.4 Å². The number of hydrogen-bond donors (Lipinski definition) is 2. The summed E-state index contributed by atoms with van der Waals surface area (Å²) in [5.41, 5.74) is 2.25. The summed E-state index contributed by atoms with van der Waals surface area (Å²) >= 11 is 0. The van der Waals surface area contributed by atoms with Crippen LogP contribution in [0.1, 0.15) is 256 Å². The van der Waals surface area contributed by atoms with Crippen LogP contribution in [-0.2, 0) is 14.3 Å². The van der Waals surface area contributed by atoms with Crippen molar-refractivity contribution in [3.8, 4) is 0 Å². The van der Waals surface area contributed by atoms with E-state index in [4.69, 9.17) is 4.74 Å². The van der Waals surface area contributed by atoms with Crippen LogP contribution in [0, 0.1) is 6.92 Å². The molecule has 0 saturated heterocycles. The van der Waals surface area contributed by atoms with Gasteiger partial charge in [-0.15, -0.1) is 0 Å². The number of ether oxygens (including phenoxy) is 1. The van der Waals surface area contributed by atoms with E-state index in [1.54, 1.807) is 12.1 Å². The summed E-state index contributed by atoms with van der Waals surface area (Å²) in [6.07, 6.45) is 38.9. The molecule has 1 aromatic carbocycles. The predicted octanol–water partition coefficient (Wildman–Crippen LogP) is 15.4. The third-order valence-electron chi connectivity index (χ3n) is 11.0. The summed E-state index contributed by atoms with van der Waals surface area (Å²) < 4.78 is 5.82. The fourth-order valence-corrected chi connectivity index (χ4v) is 7.29. The Morgan fingerprint density at radius 1 is 0.481 bits per heavy atom. The maximum atomic E-state index is 13.3. The highest BCUT2D eigenvalue weighted by atomic mass is 16.5. The Labute approximate surface area is 333 Å². The lowest BCUT2D eigenvalue weighted by Gasteiger charge is -2.18. The van der Waals surface area contributed by atoms with Crippen molar-refractivity contribution in [2.24, 2.45) is 0 Å². The zero-order chi connectivity index (χ0) is 39.5. The number of nitrogens with one attached hydrogen (secondary N) is 2. The molecule has 2 N–H and O–H groups in total. The fourth-order valence-electron chi connectivity index (χ4n) is 7.29. The maximum Gasteiger partial charge on any atom is 0.338 e. The van der Waals surface area contributed by atoms with Crippen molar-refractivity contribution in [3.63, 3.8) is 0 Å². The minimum atomic E-state index is -0.419. The van der Waals surface area contributed by atoms with Crippen LogP contribution >= 0.6 is 0 Å². The first-order chi connectivity index (χ1) is 26.3. The molecule has 0 heterocycles. The first-order valence-electron chi connectivity index (χ1n) is 23.3. The second kappa shape index (κ2) is 35.1. The number of rotatable bonds is 37. The molecule has 0 fully saturated rings. The lowest BCUT2D eigenvalue weighted by Crippen LogP contribution is -2.19. The van der Waals surface area contributed by atoms with Gasteiger partial charge in [0.25, 0.3) is 0 Å². The quantitative estimate of drug-likeness (QED) is 0.0523. The second-order valence-electron chi connectivity index (χ2n) is 16.3. The summed E-state index contributed by atoms with van der Waals surface area (Å²) in [5.74, 6) is -0.530. The Hall–Kier alpha value is -2.37. The van der Waals surface area contributed by atoms with E-state index in [0.29, 0.717) is 29.8 Å². The molecule has 0 aromatic heterocycles. The van der Waals surface area contributed by atoms with E-state index in [1.807, 2.05) is 13.8 Å². The van der Waals surface area contributed by atoms with Crippen molar-refractivity contribution in [1.29, 1.82) is 0 Å². The van der Waals surface area contributed by atoms with Gasteiger partial charge in [-0.3, -0.25) is 9.59 Å². The number of amides is 2. The van der Waals surface area contributed by atoms with Gasteiger partial charge in [-0.25, -0.2) is 4.79 Å². The summed E-state index contributed by atoms with van der Waals surface area (Å²) in [5, 5.41) is 6.12. The van der Waals surface area contributed by atoms with Crippen LogP contribution in [0.15, 0.2) is 12.1 Å². The molecule has 0 radical (unpaired) electrons. The average Bonchev–Trinajstić information content (AvgIpc) is 3.15. The van der Waals surface area contributed by atoms with Gasteiger partial charge in [0.15, 0.2) is 0 Å². The molecule has 0 saturated carbocycles. The zero-order valence-electron chi connectivity index (χ0n) is 36.2. The highest BCUT2D eigenvalue weighted by Gasteiger charge is 2.18. The minimum Gasteiger partial charge on any atom is -0.459 e. The van der Waals surface area contributed by atoms with Gasteiger partial charge in [-0.05, 0) is 57.2 Å². The zero-order valence-corrected chi connectivity index (χ0v) is 36.2. The van der Waals surface area contributed by atoms with E-state index in [0.717, 1.165) is 63.4 Å². The fraction of sp³-hybridized carbons (Fsp3) is 0.812. The maximum absolute atomic E-state index is 13.3. The third kappa shape index (κ3) is 27.2. The summed E-state index contributed by atoms with van der Waals surface area (Å²) in [6.45, 7) is 10.6. The highest BCUT2D eigenvalue weighted by Crippen LogP contribution is 2.28. The van der Waals surface area contributed by atoms with Crippen molar-refractivity contribution in [1.82, 2.24) is 0 Å². The van der Waals surface area contributed by atoms with Crippen molar-refractivity contribution in [3.05, 3.63) is 23.3 Å². The number of carbonyl (C=O) groups is 3. The van der Waals surface area contributed by atoms with Gasteiger partial charge < -0.3 is 15.4 Å². The number of anilines is 2. The standard InChI is InChI=1S/C48H86N2O4/c1-6-9-12-15-17-19-21-23-25-27-29-31-34-37-46(51)49-44-39-43(48(53)54-41(4)36-33-14-11-8-3)40-45(42(44)5)50-47(52)38-35-32-30-28-26-24-22-20-18-16-13-10-7-2/h39-41H,6-38H2,1-5H3,(H,49,51)(H,50,52)/t41-/m1/s1. The van der Waals surface area contributed by atoms with Crippen molar-refractivity contribution in [2.75, 3.05) is 10.6 Å². The van der Waals surface area contributed by atoms with Gasteiger partial charge in [0.2, 0.25) is 11.8 Å². The molecule has 1 atom stereocenters. The predicted molar refractivity (Wildman–Crippen MR) is 233 cm³/mol. The van der Waals surface area contributed by atoms with Crippen LogP contribution in [0.2, 0.25) is 0 Å². The van der Waals surface area contributed by atoms with Gasteiger partial charge >= 0.3 is 5.97 Å². The van der Waals surface area contributed by atoms with Crippen LogP contribution in [0.5, 0.6) is 0 Å². The van der Waals surface area contributed by atoms with E-state index in [-0.39, 0.29) is 17.9 Å². The summed E-state index contributed by atoms with van der Waals surface area (Å²) in [6, 6.07) is 3.43. The van der Waals surface area contributed by atoms with Gasteiger partial charge in [-0.1, -0.05) is 194 Å². The molecule has 0 bridgehead atoms.